The van der Waals surface area contributed by atoms with Crippen LogP contribution >= 0.6 is 0 Å². The molecule has 0 saturated heterocycles. The van der Waals surface area contributed by atoms with E-state index in [2.05, 4.69) is 5.32 Å². The molecule has 0 aromatic carbocycles. The smallest absolute Gasteiger partial charge is 0.247 e. The molecule has 0 aromatic rings. The third-order valence-electron chi connectivity index (χ3n) is 4.07. The van der Waals surface area contributed by atoms with Crippen LogP contribution in [0.5, 0.6) is 0 Å². The van der Waals surface area contributed by atoms with E-state index < -0.39 is 38.2 Å². The Kier molecular flexibility index (Phi) is 8.15. The molecule has 0 spiro atoms. The molecule has 0 saturated carbocycles. The van der Waals surface area contributed by atoms with E-state index in [1.54, 1.807) is 6.92 Å². The van der Waals surface area contributed by atoms with E-state index >= 15 is 0 Å². The monoisotopic (exact) mass is 394 g/mol. The standard InChI is InChI=1S/C18H32F2N2O3S/c1-13(11-14(21)16(2,3)4)15(23)22-12-17(5,6)26(24,25)10-8-9-18(7,19)20/h11,21H,8-10,12H2,1-7H3,(H,22,23). The molecule has 0 aliphatic carbocycles. The van der Waals surface area contributed by atoms with Gasteiger partial charge in [-0.3, -0.25) is 4.79 Å². The molecule has 1 amide bonds. The minimum atomic E-state index is -3.66. The van der Waals surface area contributed by atoms with Gasteiger partial charge >= 0.3 is 0 Å². The molecular weight excluding hydrogens is 362 g/mol. The average Bonchev–Trinajstić information content (AvgIpc) is 2.41. The summed E-state index contributed by atoms with van der Waals surface area (Å²) in [7, 11) is -3.66. The van der Waals surface area contributed by atoms with Crippen LogP contribution in [0.4, 0.5) is 8.78 Å². The number of allylic oxidation sites excluding steroid dienone is 1. The van der Waals surface area contributed by atoms with Crippen LogP contribution in [0.2, 0.25) is 0 Å². The molecule has 0 aromatic heterocycles. The summed E-state index contributed by atoms with van der Waals surface area (Å²) in [6.45, 7) is 10.7. The number of amides is 1. The number of rotatable bonds is 9. The number of sulfone groups is 1. The average molecular weight is 395 g/mol. The molecule has 0 radical (unpaired) electrons. The van der Waals surface area contributed by atoms with Crippen molar-refractivity contribution in [1.29, 1.82) is 5.41 Å². The van der Waals surface area contributed by atoms with Crippen molar-refractivity contribution >= 4 is 21.5 Å². The number of halogens is 2. The van der Waals surface area contributed by atoms with Gasteiger partial charge in [0.1, 0.15) is 0 Å². The molecular formula is C18H32F2N2O3S. The molecule has 0 aliphatic heterocycles. The first kappa shape index (κ1) is 24.7. The Morgan fingerprint density at radius 3 is 2.04 bits per heavy atom. The first-order chi connectivity index (χ1) is 11.4. The summed E-state index contributed by atoms with van der Waals surface area (Å²) >= 11 is 0. The molecule has 152 valence electrons. The normalized spacial score (nSPS) is 14.3. The first-order valence-electron chi connectivity index (χ1n) is 8.55. The minimum Gasteiger partial charge on any atom is -0.351 e. The Bertz CT molecular complexity index is 655. The van der Waals surface area contributed by atoms with Crippen LogP contribution in [-0.2, 0) is 14.6 Å². The van der Waals surface area contributed by atoms with E-state index in [4.69, 9.17) is 5.41 Å². The fourth-order valence-corrected chi connectivity index (χ4v) is 3.26. The fourth-order valence-electron chi connectivity index (χ4n) is 1.89. The van der Waals surface area contributed by atoms with E-state index in [1.165, 1.54) is 19.9 Å². The van der Waals surface area contributed by atoms with Gasteiger partial charge in [0.2, 0.25) is 11.8 Å². The Morgan fingerprint density at radius 2 is 1.62 bits per heavy atom. The van der Waals surface area contributed by atoms with Crippen molar-refractivity contribution in [2.45, 2.75) is 72.0 Å². The summed E-state index contributed by atoms with van der Waals surface area (Å²) in [4.78, 5) is 12.2. The Balaban J connectivity index is 4.88. The quantitative estimate of drug-likeness (QED) is 0.461. The van der Waals surface area contributed by atoms with Crippen LogP contribution in [-0.4, -0.2) is 43.0 Å². The van der Waals surface area contributed by atoms with Gasteiger partial charge in [0.15, 0.2) is 9.84 Å². The SMILES string of the molecule is CC(=CC(=N)C(C)(C)C)C(=O)NCC(C)(C)S(=O)(=O)CCCC(C)(F)F. The maximum atomic E-state index is 12.8. The molecule has 0 fully saturated rings. The van der Waals surface area contributed by atoms with Crippen molar-refractivity contribution in [1.82, 2.24) is 5.32 Å². The van der Waals surface area contributed by atoms with Crippen LogP contribution in [0.15, 0.2) is 11.6 Å². The summed E-state index contributed by atoms with van der Waals surface area (Å²) in [6, 6.07) is 0. The number of nitrogens with one attached hydrogen (secondary N) is 2. The molecule has 8 heteroatoms. The number of alkyl halides is 2. The number of carbonyl (C=O) groups excluding carboxylic acids is 1. The molecule has 2 N–H and O–H groups in total. The Labute approximate surface area is 156 Å². The van der Waals surface area contributed by atoms with Crippen molar-refractivity contribution in [2.75, 3.05) is 12.3 Å². The second-order valence-electron chi connectivity index (χ2n) is 8.43. The van der Waals surface area contributed by atoms with Crippen LogP contribution in [0.3, 0.4) is 0 Å². The van der Waals surface area contributed by atoms with E-state index in [0.29, 0.717) is 5.57 Å². The molecule has 0 rings (SSSR count). The predicted molar refractivity (Wildman–Crippen MR) is 102 cm³/mol. The van der Waals surface area contributed by atoms with Gasteiger partial charge in [-0.2, -0.15) is 0 Å². The zero-order chi connectivity index (χ0) is 21.0. The second kappa shape index (κ2) is 8.59. The van der Waals surface area contributed by atoms with Crippen molar-refractivity contribution in [3.8, 4) is 0 Å². The van der Waals surface area contributed by atoms with E-state index in [0.717, 1.165) is 6.92 Å². The highest BCUT2D eigenvalue weighted by Gasteiger charge is 2.35. The molecule has 5 nitrogen and oxygen atoms in total. The minimum absolute atomic E-state index is 0.134. The van der Waals surface area contributed by atoms with Crippen molar-refractivity contribution in [3.05, 3.63) is 11.6 Å². The molecule has 0 heterocycles. The van der Waals surface area contributed by atoms with E-state index in [1.807, 2.05) is 20.8 Å². The van der Waals surface area contributed by atoms with Crippen LogP contribution in [0.1, 0.15) is 61.3 Å². The van der Waals surface area contributed by atoms with Gasteiger partial charge in [-0.25, -0.2) is 17.2 Å². The summed E-state index contributed by atoms with van der Waals surface area (Å²) < 4.78 is 49.2. The van der Waals surface area contributed by atoms with Gasteiger partial charge < -0.3 is 10.7 Å². The predicted octanol–water partition coefficient (Wildman–Crippen LogP) is 3.74. The van der Waals surface area contributed by atoms with Crippen LogP contribution in [0, 0.1) is 10.8 Å². The molecule has 26 heavy (non-hydrogen) atoms. The van der Waals surface area contributed by atoms with Crippen molar-refractivity contribution in [2.24, 2.45) is 5.41 Å². The highest BCUT2D eigenvalue weighted by atomic mass is 32.2. The Morgan fingerprint density at radius 1 is 1.12 bits per heavy atom. The topological polar surface area (TPSA) is 87.1 Å². The van der Waals surface area contributed by atoms with Gasteiger partial charge in [-0.05, 0) is 40.2 Å². The molecule has 0 bridgehead atoms. The highest BCUT2D eigenvalue weighted by molar-refractivity contribution is 7.92. The lowest BCUT2D eigenvalue weighted by atomic mass is 9.89. The number of hydrogen-bond acceptors (Lipinski definition) is 4. The van der Waals surface area contributed by atoms with Gasteiger partial charge in [-0.1, -0.05) is 20.8 Å². The largest absolute Gasteiger partial charge is 0.351 e. The number of carbonyl (C=O) groups is 1. The Hall–Kier alpha value is -1.31. The zero-order valence-electron chi connectivity index (χ0n) is 16.8. The van der Waals surface area contributed by atoms with E-state index in [-0.39, 0.29) is 24.4 Å². The summed E-state index contributed by atoms with van der Waals surface area (Å²) in [5.41, 5.74) is 0.201. The third kappa shape index (κ3) is 8.38. The lowest BCUT2D eigenvalue weighted by Crippen LogP contribution is -2.45. The zero-order valence-corrected chi connectivity index (χ0v) is 17.6. The fraction of sp³-hybridized carbons (Fsp3) is 0.778. The molecule has 0 unspecified atom stereocenters. The number of hydrogen-bond donors (Lipinski definition) is 2. The summed E-state index contributed by atoms with van der Waals surface area (Å²) in [5, 5.41) is 10.5. The molecule has 0 atom stereocenters. The lowest BCUT2D eigenvalue weighted by Gasteiger charge is -2.25. The molecule has 0 aliphatic rings. The summed E-state index contributed by atoms with van der Waals surface area (Å²) in [5.74, 6) is -3.71. The third-order valence-corrected chi connectivity index (χ3v) is 6.73. The highest BCUT2D eigenvalue weighted by Crippen LogP contribution is 2.23. The maximum Gasteiger partial charge on any atom is 0.247 e. The van der Waals surface area contributed by atoms with E-state index in [9.17, 15) is 22.0 Å². The van der Waals surface area contributed by atoms with Crippen LogP contribution in [0.25, 0.3) is 0 Å². The summed E-state index contributed by atoms with van der Waals surface area (Å²) in [6.07, 6.45) is 0.830. The second-order valence-corrected chi connectivity index (χ2v) is 11.2. The van der Waals surface area contributed by atoms with Gasteiger partial charge in [0.05, 0.1) is 10.5 Å². The van der Waals surface area contributed by atoms with Crippen LogP contribution < -0.4 is 5.32 Å². The van der Waals surface area contributed by atoms with Gasteiger partial charge in [0, 0.05) is 29.7 Å². The van der Waals surface area contributed by atoms with Gasteiger partial charge in [0.25, 0.3) is 0 Å². The first-order valence-corrected chi connectivity index (χ1v) is 10.2. The lowest BCUT2D eigenvalue weighted by molar-refractivity contribution is -0.117. The van der Waals surface area contributed by atoms with Gasteiger partial charge in [-0.15, -0.1) is 0 Å². The maximum absolute atomic E-state index is 12.8. The van der Waals surface area contributed by atoms with Crippen molar-refractivity contribution < 1.29 is 22.0 Å². The van der Waals surface area contributed by atoms with Crippen molar-refractivity contribution in [3.63, 3.8) is 0 Å².